The number of hydrogen-bond acceptors (Lipinski definition) is 3. The van der Waals surface area contributed by atoms with Crippen LogP contribution in [-0.4, -0.2) is 18.9 Å². The molecule has 1 aliphatic rings. The normalized spacial score (nSPS) is 14.5. The summed E-state index contributed by atoms with van der Waals surface area (Å²) in [5.41, 5.74) is -0.185. The van der Waals surface area contributed by atoms with Gasteiger partial charge in [-0.15, -0.1) is 0 Å². The Hall–Kier alpha value is -2.60. The molecule has 2 aromatic rings. The highest BCUT2D eigenvalue weighted by molar-refractivity contribution is 6.32. The first-order valence-electron chi connectivity index (χ1n) is 7.67. The molecule has 2 N–H and O–H groups in total. The minimum absolute atomic E-state index is 0.362. The number of carbonyl (C=O) groups is 2. The summed E-state index contributed by atoms with van der Waals surface area (Å²) in [5.74, 6) is -0.701. The topological polar surface area (TPSA) is 67.4 Å². The Kier molecular flexibility index (Phi) is 4.63. The predicted molar refractivity (Wildman–Crippen MR) is 93.3 cm³/mol. The Morgan fingerprint density at radius 1 is 1.04 bits per heavy atom. The molecule has 2 aromatic carbocycles. The van der Waals surface area contributed by atoms with Gasteiger partial charge < -0.3 is 15.4 Å². The number of methoxy groups -OCH3 is 1. The number of rotatable bonds is 5. The fourth-order valence-corrected chi connectivity index (χ4v) is 2.72. The van der Waals surface area contributed by atoms with Crippen LogP contribution in [0.25, 0.3) is 0 Å². The van der Waals surface area contributed by atoms with E-state index in [1.165, 1.54) is 31.4 Å². The zero-order valence-electron chi connectivity index (χ0n) is 13.4. The standard InChI is InChI=1S/C18H16ClFN2O3/c1-25-15-7-6-13(10-14(15)19)22-17(24)18(8-9-18)16(23)21-12-4-2-11(20)3-5-12/h2-7,10H,8-9H2,1H3,(H,21,23)(H,22,24). The summed E-state index contributed by atoms with van der Waals surface area (Å²) in [6, 6.07) is 10.2. The van der Waals surface area contributed by atoms with Crippen LogP contribution in [0.1, 0.15) is 12.8 Å². The molecule has 1 saturated carbocycles. The molecule has 130 valence electrons. The van der Waals surface area contributed by atoms with Crippen LogP contribution in [0, 0.1) is 11.2 Å². The highest BCUT2D eigenvalue weighted by Gasteiger charge is 2.56. The summed E-state index contributed by atoms with van der Waals surface area (Å²) in [5, 5.41) is 5.73. The zero-order chi connectivity index (χ0) is 18.0. The first-order chi connectivity index (χ1) is 11.9. The zero-order valence-corrected chi connectivity index (χ0v) is 14.2. The number of ether oxygens (including phenoxy) is 1. The maximum absolute atomic E-state index is 12.9. The minimum atomic E-state index is -1.11. The molecule has 3 rings (SSSR count). The number of anilines is 2. The summed E-state index contributed by atoms with van der Waals surface area (Å²) >= 11 is 6.04. The third-order valence-corrected chi connectivity index (χ3v) is 4.43. The van der Waals surface area contributed by atoms with Crippen LogP contribution in [0.3, 0.4) is 0 Å². The molecule has 0 heterocycles. The Balaban J connectivity index is 1.69. The molecule has 25 heavy (non-hydrogen) atoms. The van der Waals surface area contributed by atoms with Gasteiger partial charge in [-0.1, -0.05) is 11.6 Å². The van der Waals surface area contributed by atoms with Gasteiger partial charge in [0.25, 0.3) is 0 Å². The monoisotopic (exact) mass is 362 g/mol. The van der Waals surface area contributed by atoms with E-state index in [2.05, 4.69) is 10.6 Å². The van der Waals surface area contributed by atoms with Crippen molar-refractivity contribution in [1.29, 1.82) is 0 Å². The number of hydrogen-bond donors (Lipinski definition) is 2. The van der Waals surface area contributed by atoms with E-state index in [4.69, 9.17) is 16.3 Å². The maximum Gasteiger partial charge on any atom is 0.240 e. The van der Waals surface area contributed by atoms with Crippen LogP contribution < -0.4 is 15.4 Å². The number of halogens is 2. The molecular weight excluding hydrogens is 347 g/mol. The number of amides is 2. The second-order valence-corrected chi connectivity index (χ2v) is 6.25. The molecule has 0 aromatic heterocycles. The Bertz CT molecular complexity index is 820. The fraction of sp³-hybridized carbons (Fsp3) is 0.222. The van der Waals surface area contributed by atoms with Crippen LogP contribution in [0.2, 0.25) is 5.02 Å². The lowest BCUT2D eigenvalue weighted by Crippen LogP contribution is -2.35. The second-order valence-electron chi connectivity index (χ2n) is 5.85. The van der Waals surface area contributed by atoms with Gasteiger partial charge >= 0.3 is 0 Å². The second kappa shape index (κ2) is 6.72. The van der Waals surface area contributed by atoms with Gasteiger partial charge in [-0.2, -0.15) is 0 Å². The van der Waals surface area contributed by atoms with Gasteiger partial charge in [0.05, 0.1) is 12.1 Å². The molecule has 0 aliphatic heterocycles. The Morgan fingerprint density at radius 2 is 1.60 bits per heavy atom. The van der Waals surface area contributed by atoms with Gasteiger partial charge in [-0.3, -0.25) is 9.59 Å². The highest BCUT2D eigenvalue weighted by Crippen LogP contribution is 2.47. The fourth-order valence-electron chi connectivity index (χ4n) is 2.46. The molecule has 1 fully saturated rings. The SMILES string of the molecule is COc1ccc(NC(=O)C2(C(=O)Nc3ccc(F)cc3)CC2)cc1Cl. The van der Waals surface area contributed by atoms with E-state index in [0.717, 1.165) is 0 Å². The molecule has 2 amide bonds. The van der Waals surface area contributed by atoms with Crippen LogP contribution >= 0.6 is 11.6 Å². The van der Waals surface area contributed by atoms with Crippen molar-refractivity contribution < 1.29 is 18.7 Å². The average Bonchev–Trinajstić information content (AvgIpc) is 3.39. The summed E-state index contributed by atoms with van der Waals surface area (Å²) in [4.78, 5) is 25.0. The van der Waals surface area contributed by atoms with E-state index < -0.39 is 23.0 Å². The number of benzene rings is 2. The molecule has 0 spiro atoms. The summed E-state index contributed by atoms with van der Waals surface area (Å²) in [6.45, 7) is 0. The van der Waals surface area contributed by atoms with Crippen molar-refractivity contribution in [2.45, 2.75) is 12.8 Å². The Labute approximate surface area is 149 Å². The predicted octanol–water partition coefficient (Wildman–Crippen LogP) is 3.85. The van der Waals surface area contributed by atoms with E-state index in [-0.39, 0.29) is 0 Å². The van der Waals surface area contributed by atoms with E-state index in [1.54, 1.807) is 18.2 Å². The molecule has 5 nitrogen and oxygen atoms in total. The van der Waals surface area contributed by atoms with Crippen molar-refractivity contribution in [3.8, 4) is 5.75 Å². The molecule has 1 aliphatic carbocycles. The lowest BCUT2D eigenvalue weighted by molar-refractivity contribution is -0.131. The number of carbonyl (C=O) groups excluding carboxylic acids is 2. The van der Waals surface area contributed by atoms with E-state index >= 15 is 0 Å². The smallest absolute Gasteiger partial charge is 0.240 e. The van der Waals surface area contributed by atoms with Crippen LogP contribution in [0.15, 0.2) is 42.5 Å². The lowest BCUT2D eigenvalue weighted by Gasteiger charge is -2.16. The average molecular weight is 363 g/mol. The molecule has 0 unspecified atom stereocenters. The van der Waals surface area contributed by atoms with Crippen molar-refractivity contribution in [3.05, 3.63) is 53.3 Å². The molecule has 0 atom stereocenters. The van der Waals surface area contributed by atoms with Gasteiger partial charge in [0.2, 0.25) is 11.8 Å². The molecule has 0 radical (unpaired) electrons. The van der Waals surface area contributed by atoms with Crippen LogP contribution in [0.4, 0.5) is 15.8 Å². The third-order valence-electron chi connectivity index (χ3n) is 4.13. The highest BCUT2D eigenvalue weighted by atomic mass is 35.5. The molecule has 0 bridgehead atoms. The lowest BCUT2D eigenvalue weighted by atomic mass is 10.0. The summed E-state index contributed by atoms with van der Waals surface area (Å²) in [6.07, 6.45) is 0.908. The number of nitrogens with one attached hydrogen (secondary N) is 2. The van der Waals surface area contributed by atoms with E-state index in [9.17, 15) is 14.0 Å². The maximum atomic E-state index is 12.9. The van der Waals surface area contributed by atoms with Crippen molar-refractivity contribution in [1.82, 2.24) is 0 Å². The third kappa shape index (κ3) is 3.58. The molecule has 0 saturated heterocycles. The quantitative estimate of drug-likeness (QED) is 0.794. The van der Waals surface area contributed by atoms with Crippen LogP contribution in [0.5, 0.6) is 5.75 Å². The largest absolute Gasteiger partial charge is 0.495 e. The van der Waals surface area contributed by atoms with Crippen molar-refractivity contribution in [3.63, 3.8) is 0 Å². The molecular formula is C18H16ClFN2O3. The minimum Gasteiger partial charge on any atom is -0.495 e. The summed E-state index contributed by atoms with van der Waals surface area (Å²) in [7, 11) is 1.50. The first-order valence-corrected chi connectivity index (χ1v) is 8.04. The molecule has 7 heteroatoms. The van der Waals surface area contributed by atoms with Gasteiger partial charge in [0, 0.05) is 11.4 Å². The van der Waals surface area contributed by atoms with Gasteiger partial charge in [0.15, 0.2) is 0 Å². The van der Waals surface area contributed by atoms with Crippen molar-refractivity contribution in [2.24, 2.45) is 5.41 Å². The first kappa shape index (κ1) is 17.2. The van der Waals surface area contributed by atoms with Crippen LogP contribution in [-0.2, 0) is 9.59 Å². The summed E-state index contributed by atoms with van der Waals surface area (Å²) < 4.78 is 18.0. The van der Waals surface area contributed by atoms with E-state index in [0.29, 0.717) is 35.0 Å². The van der Waals surface area contributed by atoms with E-state index in [1.807, 2.05) is 0 Å². The van der Waals surface area contributed by atoms with Crippen molar-refractivity contribution in [2.75, 3.05) is 17.7 Å². The Morgan fingerprint density at radius 3 is 2.12 bits per heavy atom. The van der Waals surface area contributed by atoms with Gasteiger partial charge in [0.1, 0.15) is 17.0 Å². The van der Waals surface area contributed by atoms with Crippen molar-refractivity contribution >= 4 is 34.8 Å². The van der Waals surface area contributed by atoms with Gasteiger partial charge in [-0.05, 0) is 55.3 Å². The van der Waals surface area contributed by atoms with Gasteiger partial charge in [-0.25, -0.2) is 4.39 Å².